The van der Waals surface area contributed by atoms with Crippen LogP contribution in [0.1, 0.15) is 37.3 Å². The molecule has 42 heavy (non-hydrogen) atoms. The molecule has 11 heteroatoms. The first-order valence-corrected chi connectivity index (χ1v) is 17.9. The van der Waals surface area contributed by atoms with Gasteiger partial charge in [0.25, 0.3) is 5.91 Å². The minimum atomic E-state index is -2.95. The van der Waals surface area contributed by atoms with E-state index in [-0.39, 0.29) is 43.2 Å². The second kappa shape index (κ2) is 12.3. The van der Waals surface area contributed by atoms with Gasteiger partial charge in [0.15, 0.2) is 13.9 Å². The van der Waals surface area contributed by atoms with Crippen molar-refractivity contribution in [1.82, 2.24) is 10.2 Å². The van der Waals surface area contributed by atoms with E-state index in [0.717, 1.165) is 24.9 Å². The fourth-order valence-corrected chi connectivity index (χ4v) is 9.57. The van der Waals surface area contributed by atoms with Crippen LogP contribution in [0.3, 0.4) is 0 Å². The van der Waals surface area contributed by atoms with Gasteiger partial charge in [-0.05, 0) is 56.2 Å². The molecule has 2 saturated heterocycles. The number of amides is 3. The summed E-state index contributed by atoms with van der Waals surface area (Å²) >= 11 is 0. The summed E-state index contributed by atoms with van der Waals surface area (Å²) in [4.78, 5) is 53.3. The number of ether oxygens (including phenoxy) is 1. The van der Waals surface area contributed by atoms with Gasteiger partial charge < -0.3 is 35.5 Å². The summed E-state index contributed by atoms with van der Waals surface area (Å²) in [5, 5.41) is 18.9. The van der Waals surface area contributed by atoms with Gasteiger partial charge >= 0.3 is 0 Å². The number of nitrogens with zero attached hydrogens (tertiary/aromatic N) is 1. The van der Waals surface area contributed by atoms with E-state index in [2.05, 4.69) is 16.0 Å². The van der Waals surface area contributed by atoms with E-state index in [1.165, 1.54) is 0 Å². The topological polar surface area (TPSA) is 140 Å². The number of hydrogen-bond donors (Lipinski definition) is 5. The Morgan fingerprint density at radius 2 is 1.95 bits per heavy atom. The summed E-state index contributed by atoms with van der Waals surface area (Å²) in [5.41, 5.74) is 0.883. The fourth-order valence-electron chi connectivity index (χ4n) is 7.01. The second-order valence-electron chi connectivity index (χ2n) is 12.3. The number of hydrogen-bond acceptors (Lipinski definition) is 7. The summed E-state index contributed by atoms with van der Waals surface area (Å²) in [6.45, 7) is 7.38. The van der Waals surface area contributed by atoms with E-state index >= 15 is 0 Å². The Balaban J connectivity index is 1.42. The van der Waals surface area contributed by atoms with Crippen LogP contribution in [0.2, 0.25) is 18.6 Å². The molecule has 3 heterocycles. The first-order chi connectivity index (χ1) is 20.0. The third-order valence-electron chi connectivity index (χ3n) is 8.99. The maximum absolute atomic E-state index is 13.7. The zero-order valence-electron chi connectivity index (χ0n) is 24.6. The highest BCUT2D eigenvalue weighted by molar-refractivity contribution is 6.71. The number of nitrogens with one attached hydrogen (secondary N) is 3. The molecule has 3 aliphatic rings. The largest absolute Gasteiger partial charge is 0.432 e. The molecule has 0 saturated carbocycles. The summed E-state index contributed by atoms with van der Waals surface area (Å²) in [7, 11) is -2.95. The lowest BCUT2D eigenvalue weighted by Crippen LogP contribution is -2.44. The van der Waals surface area contributed by atoms with Crippen molar-refractivity contribution in [3.8, 4) is 0 Å². The highest BCUT2D eigenvalue weighted by atomic mass is 28.4. The molecule has 2 fully saturated rings. The zero-order valence-corrected chi connectivity index (χ0v) is 25.6. The Kier molecular flexibility index (Phi) is 8.86. The molecule has 5 N–H and O–H groups in total. The Morgan fingerprint density at radius 1 is 1.19 bits per heavy atom. The van der Waals surface area contributed by atoms with Crippen molar-refractivity contribution in [3.05, 3.63) is 59.7 Å². The summed E-state index contributed by atoms with van der Waals surface area (Å²) in [6.07, 6.45) is 1.02. The molecule has 3 aliphatic heterocycles. The van der Waals surface area contributed by atoms with E-state index < -0.39 is 31.5 Å². The number of carbonyl (C=O) groups is 3. The molecule has 0 bridgehead atoms. The quantitative estimate of drug-likeness (QED) is 0.281. The molecule has 5 rings (SSSR count). The summed E-state index contributed by atoms with van der Waals surface area (Å²) in [6, 6.07) is 14.9. The molecule has 0 aliphatic carbocycles. The smallest absolute Gasteiger partial charge is 0.261 e. The third-order valence-corrected chi connectivity index (χ3v) is 11.5. The minimum absolute atomic E-state index is 0.0334. The van der Waals surface area contributed by atoms with Crippen molar-refractivity contribution >= 4 is 37.4 Å². The van der Waals surface area contributed by atoms with Gasteiger partial charge in [-0.25, -0.2) is 0 Å². The number of aliphatic hydroxyl groups is 1. The van der Waals surface area contributed by atoms with Crippen molar-refractivity contribution < 1.29 is 29.0 Å². The lowest BCUT2D eigenvalue weighted by molar-refractivity contribution is -0.148. The third kappa shape index (κ3) is 5.89. The molecular formula is C31H42N4O6Si. The Morgan fingerprint density at radius 3 is 2.62 bits per heavy atom. The number of fused-ring (bicyclic) bond motifs is 2. The van der Waals surface area contributed by atoms with Crippen LogP contribution in [0.25, 0.3) is 0 Å². The van der Waals surface area contributed by atoms with E-state index in [1.807, 2.05) is 50.3 Å². The van der Waals surface area contributed by atoms with Crippen molar-refractivity contribution in [3.63, 3.8) is 0 Å². The fraction of sp³-hybridized carbons (Fsp3) is 0.516. The van der Waals surface area contributed by atoms with Crippen LogP contribution < -0.4 is 16.0 Å². The van der Waals surface area contributed by atoms with Crippen molar-refractivity contribution in [1.29, 1.82) is 0 Å². The molecule has 2 aromatic carbocycles. The molecule has 0 aromatic heterocycles. The van der Waals surface area contributed by atoms with Crippen LogP contribution in [-0.4, -0.2) is 73.2 Å². The number of aliphatic hydroxyl groups excluding tert-OH is 1. The van der Waals surface area contributed by atoms with E-state index in [9.17, 15) is 24.3 Å². The van der Waals surface area contributed by atoms with Crippen LogP contribution in [0.15, 0.2) is 48.5 Å². The highest BCUT2D eigenvalue weighted by Crippen LogP contribution is 2.58. The zero-order chi connectivity index (χ0) is 30.1. The molecule has 2 aromatic rings. The summed E-state index contributed by atoms with van der Waals surface area (Å²) in [5.74, 6) is -1.18. The maximum Gasteiger partial charge on any atom is 0.261 e. The van der Waals surface area contributed by atoms with Gasteiger partial charge in [-0.2, -0.15) is 0 Å². The number of piperidine rings is 1. The molecule has 5 atom stereocenters. The van der Waals surface area contributed by atoms with Crippen molar-refractivity contribution in [2.24, 2.45) is 11.8 Å². The standard InChI is InChI=1S/C31H42N4O6Si/c1-20-28(42(2,3)40)26(17-27(37)35(14-15-36)19-21-8-5-4-6-9-21)41-31(20)24-16-23(11-12-25(24)34-30(31)39)33-29(38)22-10-7-13-32-18-22/h4-6,8-9,11-12,16,20,22,26,28,32,36,40H,7,10,13-15,17-19H2,1-3H3,(H,33,38)(H,34,39)/t20-,22?,26+,28-,31+/m0/s1. The second-order valence-corrected chi connectivity index (χ2v) is 16.3. The SMILES string of the molecule is C[C@H]1[C@H]([Si](C)(C)O)[C@@H](CC(=O)N(CCO)Cc2ccccc2)O[C@]12C(=O)Nc1ccc(NC(=O)C3CCCNC3)cc12. The van der Waals surface area contributed by atoms with E-state index in [4.69, 9.17) is 4.74 Å². The average molecular weight is 595 g/mol. The van der Waals surface area contributed by atoms with E-state index in [1.54, 1.807) is 23.1 Å². The number of benzene rings is 2. The van der Waals surface area contributed by atoms with Gasteiger partial charge in [0.2, 0.25) is 11.8 Å². The van der Waals surface area contributed by atoms with Crippen LogP contribution >= 0.6 is 0 Å². The van der Waals surface area contributed by atoms with Gasteiger partial charge in [-0.3, -0.25) is 14.4 Å². The first kappa shape index (κ1) is 30.4. The van der Waals surface area contributed by atoms with Crippen LogP contribution in [0.5, 0.6) is 0 Å². The van der Waals surface area contributed by atoms with Gasteiger partial charge in [0.05, 0.1) is 25.0 Å². The van der Waals surface area contributed by atoms with Gasteiger partial charge in [-0.15, -0.1) is 0 Å². The molecule has 0 radical (unpaired) electrons. The maximum atomic E-state index is 13.7. The first-order valence-electron chi connectivity index (χ1n) is 14.8. The number of carbonyl (C=O) groups excluding carboxylic acids is 3. The van der Waals surface area contributed by atoms with Gasteiger partial charge in [0, 0.05) is 48.0 Å². The van der Waals surface area contributed by atoms with Crippen LogP contribution in [-0.2, 0) is 31.3 Å². The molecule has 1 spiro atoms. The van der Waals surface area contributed by atoms with Crippen LogP contribution in [0.4, 0.5) is 11.4 Å². The molecule has 10 nitrogen and oxygen atoms in total. The van der Waals surface area contributed by atoms with Gasteiger partial charge in [0.1, 0.15) is 0 Å². The minimum Gasteiger partial charge on any atom is -0.432 e. The monoisotopic (exact) mass is 594 g/mol. The lowest BCUT2D eigenvalue weighted by atomic mass is 9.82. The normalized spacial score (nSPS) is 27.0. The van der Waals surface area contributed by atoms with E-state index in [0.29, 0.717) is 30.0 Å². The highest BCUT2D eigenvalue weighted by Gasteiger charge is 2.65. The molecule has 3 amide bonds. The Labute approximate surface area is 248 Å². The van der Waals surface area contributed by atoms with Gasteiger partial charge in [-0.1, -0.05) is 37.3 Å². The van der Waals surface area contributed by atoms with Crippen molar-refractivity contribution in [2.45, 2.75) is 63.1 Å². The Bertz CT molecular complexity index is 1310. The molecule has 226 valence electrons. The van der Waals surface area contributed by atoms with Crippen LogP contribution in [0, 0.1) is 11.8 Å². The molecule has 1 unspecified atom stereocenters. The predicted molar refractivity (Wildman–Crippen MR) is 162 cm³/mol. The Hall–Kier alpha value is -3.09. The predicted octanol–water partition coefficient (Wildman–Crippen LogP) is 2.79. The molecular weight excluding hydrogens is 552 g/mol. The average Bonchev–Trinajstić information content (AvgIpc) is 3.42. The van der Waals surface area contributed by atoms with Crippen molar-refractivity contribution in [2.75, 3.05) is 36.9 Å². The summed E-state index contributed by atoms with van der Waals surface area (Å²) < 4.78 is 6.66. The number of anilines is 2. The lowest BCUT2D eigenvalue weighted by Gasteiger charge is -2.32. The number of rotatable bonds is 9.